The van der Waals surface area contributed by atoms with Crippen LogP contribution in [0.25, 0.3) is 0 Å². The predicted molar refractivity (Wildman–Crippen MR) is 106 cm³/mol. The van der Waals surface area contributed by atoms with Gasteiger partial charge in [0, 0.05) is 12.3 Å². The van der Waals surface area contributed by atoms with Crippen molar-refractivity contribution in [2.75, 3.05) is 31.6 Å². The zero-order valence-corrected chi connectivity index (χ0v) is 16.4. The number of hydrogen-bond acceptors (Lipinski definition) is 4. The number of halogens is 1. The molecule has 1 aliphatic rings. The Kier molecular flexibility index (Phi) is 7.53. The highest BCUT2D eigenvalue weighted by atomic mass is 32.1. The van der Waals surface area contributed by atoms with Crippen molar-refractivity contribution in [1.29, 1.82) is 0 Å². The fourth-order valence-corrected chi connectivity index (χ4v) is 3.98. The molecule has 3 N–H and O–H groups in total. The Hall–Kier alpha value is -2.29. The van der Waals surface area contributed by atoms with Crippen LogP contribution in [0.3, 0.4) is 0 Å². The van der Waals surface area contributed by atoms with Crippen LogP contribution in [-0.4, -0.2) is 44.2 Å². The Balaban J connectivity index is 1.46. The van der Waals surface area contributed by atoms with E-state index >= 15 is 0 Å². The van der Waals surface area contributed by atoms with Crippen molar-refractivity contribution in [2.24, 2.45) is 0 Å². The smallest absolute Gasteiger partial charge is 0.275 e. The summed E-state index contributed by atoms with van der Waals surface area (Å²) < 4.78 is 18.6. The summed E-state index contributed by atoms with van der Waals surface area (Å²) in [4.78, 5) is 26.7. The molecular formula is C20H25FN3O3S+. The van der Waals surface area contributed by atoms with E-state index in [2.05, 4.69) is 16.7 Å². The van der Waals surface area contributed by atoms with Crippen LogP contribution < -0.4 is 15.5 Å². The predicted octanol–water partition coefficient (Wildman–Crippen LogP) is 1.21. The standard InChI is InChI=1S/C20H24FN3O3S/c21-15-5-7-16(8-6-15)23-19(25)11-22-20(26)14-24(12-17-3-1-9-27-17)13-18-4-2-10-28-18/h2,4-8,10,17H,1,3,9,11-14H2,(H,22,26)(H,23,25)/p+1/t17-/m0/s1. The summed E-state index contributed by atoms with van der Waals surface area (Å²) in [6.45, 7) is 2.47. The molecule has 3 rings (SSSR count). The van der Waals surface area contributed by atoms with Gasteiger partial charge >= 0.3 is 0 Å². The first-order valence-electron chi connectivity index (χ1n) is 9.38. The van der Waals surface area contributed by atoms with Crippen LogP contribution in [0.5, 0.6) is 0 Å². The summed E-state index contributed by atoms with van der Waals surface area (Å²) in [5, 5.41) is 7.32. The van der Waals surface area contributed by atoms with E-state index in [1.165, 1.54) is 29.1 Å². The first kappa shape index (κ1) is 20.4. The number of anilines is 1. The summed E-state index contributed by atoms with van der Waals surface area (Å²) in [5.41, 5.74) is 0.490. The van der Waals surface area contributed by atoms with Gasteiger partial charge < -0.3 is 20.3 Å². The summed E-state index contributed by atoms with van der Waals surface area (Å²) >= 11 is 1.67. The monoisotopic (exact) mass is 406 g/mol. The van der Waals surface area contributed by atoms with Gasteiger partial charge in [-0.3, -0.25) is 9.59 Å². The van der Waals surface area contributed by atoms with Crippen LogP contribution in [0, 0.1) is 5.82 Å². The van der Waals surface area contributed by atoms with Crippen LogP contribution in [0.4, 0.5) is 10.1 Å². The van der Waals surface area contributed by atoms with E-state index in [1.54, 1.807) is 11.3 Å². The number of benzene rings is 1. The summed E-state index contributed by atoms with van der Waals surface area (Å²) in [6, 6.07) is 9.56. The third-order valence-electron chi connectivity index (χ3n) is 4.53. The van der Waals surface area contributed by atoms with Crippen molar-refractivity contribution in [2.45, 2.75) is 25.5 Å². The van der Waals surface area contributed by atoms with E-state index in [-0.39, 0.29) is 36.8 Å². The molecule has 8 heteroatoms. The molecule has 0 aliphatic carbocycles. The lowest BCUT2D eigenvalue weighted by Gasteiger charge is -2.21. The Bertz CT molecular complexity index is 762. The zero-order chi connectivity index (χ0) is 19.8. The Morgan fingerprint density at radius 2 is 2.04 bits per heavy atom. The number of thiophene rings is 1. The highest BCUT2D eigenvalue weighted by Crippen LogP contribution is 2.11. The second-order valence-corrected chi connectivity index (χ2v) is 7.89. The lowest BCUT2D eigenvalue weighted by Crippen LogP contribution is -3.13. The zero-order valence-electron chi connectivity index (χ0n) is 15.6. The van der Waals surface area contributed by atoms with Crippen molar-refractivity contribution < 1.29 is 23.6 Å². The lowest BCUT2D eigenvalue weighted by atomic mass is 10.2. The first-order chi connectivity index (χ1) is 13.6. The highest BCUT2D eigenvalue weighted by Gasteiger charge is 2.24. The van der Waals surface area contributed by atoms with Crippen LogP contribution in [0.15, 0.2) is 41.8 Å². The maximum atomic E-state index is 12.9. The topological polar surface area (TPSA) is 71.9 Å². The molecule has 1 unspecified atom stereocenters. The molecule has 2 atom stereocenters. The van der Waals surface area contributed by atoms with E-state index in [9.17, 15) is 14.0 Å². The van der Waals surface area contributed by atoms with Crippen molar-refractivity contribution >= 4 is 28.8 Å². The molecule has 0 spiro atoms. The Morgan fingerprint density at radius 3 is 2.71 bits per heavy atom. The molecule has 0 saturated carbocycles. The average molecular weight is 407 g/mol. The molecular weight excluding hydrogens is 381 g/mol. The molecule has 1 fully saturated rings. The quantitative estimate of drug-likeness (QED) is 0.586. The van der Waals surface area contributed by atoms with Gasteiger partial charge in [0.25, 0.3) is 5.91 Å². The molecule has 1 aliphatic heterocycles. The lowest BCUT2D eigenvalue weighted by molar-refractivity contribution is -0.908. The van der Waals surface area contributed by atoms with E-state index in [0.29, 0.717) is 5.69 Å². The minimum Gasteiger partial charge on any atom is -0.372 e. The van der Waals surface area contributed by atoms with Gasteiger partial charge in [-0.25, -0.2) is 4.39 Å². The van der Waals surface area contributed by atoms with E-state index in [1.807, 2.05) is 11.4 Å². The number of nitrogens with one attached hydrogen (secondary N) is 3. The van der Waals surface area contributed by atoms with E-state index in [0.717, 1.165) is 37.4 Å². The second kappa shape index (κ2) is 10.3. The molecule has 1 saturated heterocycles. The van der Waals surface area contributed by atoms with Gasteiger partial charge in [0.15, 0.2) is 6.54 Å². The molecule has 0 radical (unpaired) electrons. The van der Waals surface area contributed by atoms with E-state index < -0.39 is 0 Å². The molecule has 28 heavy (non-hydrogen) atoms. The number of ether oxygens (including phenoxy) is 1. The fourth-order valence-electron chi connectivity index (χ4n) is 3.20. The Labute approximate surface area is 167 Å². The normalized spacial score (nSPS) is 17.2. The number of carbonyl (C=O) groups is 2. The van der Waals surface area contributed by atoms with Gasteiger partial charge in [0.2, 0.25) is 5.91 Å². The molecule has 2 aromatic rings. The van der Waals surface area contributed by atoms with Gasteiger partial charge in [-0.2, -0.15) is 0 Å². The molecule has 0 bridgehead atoms. The van der Waals surface area contributed by atoms with Crippen LogP contribution in [0.1, 0.15) is 17.7 Å². The van der Waals surface area contributed by atoms with Crippen molar-refractivity contribution in [3.8, 4) is 0 Å². The van der Waals surface area contributed by atoms with Crippen molar-refractivity contribution in [3.63, 3.8) is 0 Å². The SMILES string of the molecule is O=C(C[NH+](Cc1cccs1)C[C@@H]1CCCO1)NCC(=O)Nc1ccc(F)cc1. The number of carbonyl (C=O) groups excluding carboxylic acids is 2. The largest absolute Gasteiger partial charge is 0.372 e. The van der Waals surface area contributed by atoms with Crippen molar-refractivity contribution in [1.82, 2.24) is 5.32 Å². The summed E-state index contributed by atoms with van der Waals surface area (Å²) in [6.07, 6.45) is 2.27. The van der Waals surface area contributed by atoms with Crippen molar-refractivity contribution in [3.05, 3.63) is 52.5 Å². The molecule has 6 nitrogen and oxygen atoms in total. The third-order valence-corrected chi connectivity index (χ3v) is 5.41. The number of rotatable bonds is 9. The second-order valence-electron chi connectivity index (χ2n) is 6.85. The number of hydrogen-bond donors (Lipinski definition) is 3. The summed E-state index contributed by atoms with van der Waals surface area (Å²) in [7, 11) is 0. The number of quaternary nitrogens is 1. The average Bonchev–Trinajstić information content (AvgIpc) is 3.36. The van der Waals surface area contributed by atoms with Crippen LogP contribution >= 0.6 is 11.3 Å². The fraction of sp³-hybridized carbons (Fsp3) is 0.400. The molecule has 1 aromatic heterocycles. The van der Waals surface area contributed by atoms with Gasteiger partial charge in [-0.05, 0) is 48.6 Å². The first-order valence-corrected chi connectivity index (χ1v) is 10.3. The van der Waals surface area contributed by atoms with Crippen LogP contribution in [0.2, 0.25) is 0 Å². The van der Waals surface area contributed by atoms with E-state index in [4.69, 9.17) is 4.74 Å². The van der Waals surface area contributed by atoms with Crippen LogP contribution in [-0.2, 0) is 20.9 Å². The molecule has 150 valence electrons. The highest BCUT2D eigenvalue weighted by molar-refractivity contribution is 7.09. The molecule has 1 aromatic carbocycles. The third kappa shape index (κ3) is 6.70. The molecule has 2 amide bonds. The van der Waals surface area contributed by atoms with Gasteiger partial charge in [-0.15, -0.1) is 11.3 Å². The summed E-state index contributed by atoms with van der Waals surface area (Å²) in [5.74, 6) is -0.899. The maximum absolute atomic E-state index is 12.9. The molecule has 2 heterocycles. The Morgan fingerprint density at radius 1 is 1.21 bits per heavy atom. The number of amides is 2. The minimum absolute atomic E-state index is 0.123. The maximum Gasteiger partial charge on any atom is 0.275 e. The van der Waals surface area contributed by atoms with Gasteiger partial charge in [-0.1, -0.05) is 6.07 Å². The van der Waals surface area contributed by atoms with Gasteiger partial charge in [0.1, 0.15) is 25.0 Å². The van der Waals surface area contributed by atoms with Gasteiger partial charge in [0.05, 0.1) is 11.4 Å². The minimum atomic E-state index is -0.369.